The molecule has 0 radical (unpaired) electrons. The fourth-order valence-corrected chi connectivity index (χ4v) is 2.97. The summed E-state index contributed by atoms with van der Waals surface area (Å²) in [4.78, 5) is 37.5. The van der Waals surface area contributed by atoms with E-state index < -0.39 is 6.16 Å². The average Bonchev–Trinajstić information content (AvgIpc) is 2.67. The lowest BCUT2D eigenvalue weighted by Gasteiger charge is -2.32. The van der Waals surface area contributed by atoms with Crippen molar-refractivity contribution in [2.75, 3.05) is 25.6 Å². The average molecular weight is 397 g/mol. The zero-order valence-electron chi connectivity index (χ0n) is 15.4. The van der Waals surface area contributed by atoms with Gasteiger partial charge in [0.25, 0.3) is 5.91 Å². The van der Waals surface area contributed by atoms with E-state index in [1.807, 2.05) is 4.90 Å². The Morgan fingerprint density at radius 1 is 1.19 bits per heavy atom. The van der Waals surface area contributed by atoms with E-state index in [1.165, 1.54) is 0 Å². The summed E-state index contributed by atoms with van der Waals surface area (Å²) in [6.45, 7) is 3.20. The number of benzene rings is 1. The lowest BCUT2D eigenvalue weighted by molar-refractivity contribution is -0.132. The van der Waals surface area contributed by atoms with Gasteiger partial charge in [0.05, 0.1) is 6.61 Å². The van der Waals surface area contributed by atoms with Crippen molar-refractivity contribution in [1.29, 1.82) is 0 Å². The second-order valence-corrected chi connectivity index (χ2v) is 6.61. The van der Waals surface area contributed by atoms with Gasteiger partial charge in [0.2, 0.25) is 5.91 Å². The summed E-state index contributed by atoms with van der Waals surface area (Å²) in [6, 6.07) is 6.31. The van der Waals surface area contributed by atoms with Crippen molar-refractivity contribution in [3.63, 3.8) is 0 Å². The summed E-state index contributed by atoms with van der Waals surface area (Å²) in [5.74, 6) is 0.734. The van der Waals surface area contributed by atoms with Crippen LogP contribution < -0.4 is 10.1 Å². The number of likely N-dealkylation sites (tertiary alicyclic amines) is 1. The van der Waals surface area contributed by atoms with E-state index in [2.05, 4.69) is 5.32 Å². The Bertz CT molecular complexity index is 642. The number of piperidine rings is 1. The highest BCUT2D eigenvalue weighted by atomic mass is 35.5. The maximum absolute atomic E-state index is 12.4. The fourth-order valence-electron chi connectivity index (χ4n) is 2.84. The van der Waals surface area contributed by atoms with Crippen LogP contribution in [0.15, 0.2) is 24.3 Å². The topological polar surface area (TPSA) is 84.9 Å². The van der Waals surface area contributed by atoms with E-state index in [9.17, 15) is 14.4 Å². The lowest BCUT2D eigenvalue weighted by atomic mass is 10.0. The van der Waals surface area contributed by atoms with Crippen molar-refractivity contribution in [3.05, 3.63) is 29.8 Å². The summed E-state index contributed by atoms with van der Waals surface area (Å²) in [6.07, 6.45) is 1.83. The Hall–Kier alpha value is -2.28. The Morgan fingerprint density at radius 3 is 2.44 bits per heavy atom. The number of carbonyl (C=O) groups is 3. The highest BCUT2D eigenvalue weighted by Crippen LogP contribution is 2.15. The summed E-state index contributed by atoms with van der Waals surface area (Å²) < 4.78 is 9.66. The molecule has 0 atom stereocenters. The van der Waals surface area contributed by atoms with Gasteiger partial charge in [-0.1, -0.05) is 0 Å². The monoisotopic (exact) mass is 396 g/mol. The smallest absolute Gasteiger partial charge is 0.434 e. The molecular formula is C19H25ClN2O5. The first-order chi connectivity index (χ1) is 13.0. The van der Waals surface area contributed by atoms with Gasteiger partial charge in [0, 0.05) is 37.0 Å². The van der Waals surface area contributed by atoms with Gasteiger partial charge < -0.3 is 19.7 Å². The van der Waals surface area contributed by atoms with Crippen LogP contribution in [0.2, 0.25) is 0 Å². The number of nitrogens with zero attached hydrogens (tertiary/aromatic N) is 1. The van der Waals surface area contributed by atoms with E-state index in [-0.39, 0.29) is 24.5 Å². The first-order valence-electron chi connectivity index (χ1n) is 9.12. The van der Waals surface area contributed by atoms with Crippen molar-refractivity contribution >= 4 is 29.6 Å². The molecule has 2 amide bonds. The van der Waals surface area contributed by atoms with Crippen LogP contribution in [0.1, 0.15) is 43.0 Å². The highest BCUT2D eigenvalue weighted by Gasteiger charge is 2.23. The number of carbonyl (C=O) groups excluding carboxylic acids is 3. The molecule has 1 aromatic carbocycles. The van der Waals surface area contributed by atoms with Crippen LogP contribution in [0.3, 0.4) is 0 Å². The minimum absolute atomic E-state index is 0.0324. The van der Waals surface area contributed by atoms with Crippen LogP contribution in [0.4, 0.5) is 4.79 Å². The van der Waals surface area contributed by atoms with Crippen molar-refractivity contribution < 1.29 is 23.9 Å². The summed E-state index contributed by atoms with van der Waals surface area (Å²) >= 11 is 5.62. The fraction of sp³-hybridized carbons (Fsp3) is 0.526. The first kappa shape index (κ1) is 21.0. The quantitative estimate of drug-likeness (QED) is 0.435. The molecule has 1 fully saturated rings. The minimum Gasteiger partial charge on any atom is -0.434 e. The van der Waals surface area contributed by atoms with Crippen LogP contribution in [0, 0.1) is 0 Å². The van der Waals surface area contributed by atoms with Crippen molar-refractivity contribution in [2.24, 2.45) is 0 Å². The van der Waals surface area contributed by atoms with Gasteiger partial charge in [-0.2, -0.15) is 0 Å². The molecule has 0 saturated carbocycles. The third-order valence-electron chi connectivity index (χ3n) is 4.29. The molecule has 1 aliphatic rings. The second-order valence-electron chi connectivity index (χ2n) is 6.23. The number of halogens is 1. The minimum atomic E-state index is -0.776. The Balaban J connectivity index is 1.79. The van der Waals surface area contributed by atoms with Gasteiger partial charge in [-0.3, -0.25) is 9.59 Å². The van der Waals surface area contributed by atoms with Crippen LogP contribution in [0.25, 0.3) is 0 Å². The zero-order valence-corrected chi connectivity index (χ0v) is 16.2. The van der Waals surface area contributed by atoms with E-state index in [4.69, 9.17) is 21.1 Å². The Kier molecular flexibility index (Phi) is 8.39. The number of alkyl halides is 1. The molecule has 0 aromatic heterocycles. The van der Waals surface area contributed by atoms with Crippen LogP contribution in [0.5, 0.6) is 5.75 Å². The maximum Gasteiger partial charge on any atom is 0.513 e. The third-order valence-corrected chi connectivity index (χ3v) is 4.55. The molecule has 0 spiro atoms. The van der Waals surface area contributed by atoms with Gasteiger partial charge in [-0.15, -0.1) is 11.6 Å². The lowest BCUT2D eigenvalue weighted by Crippen LogP contribution is -2.46. The molecule has 1 heterocycles. The molecule has 27 heavy (non-hydrogen) atoms. The maximum atomic E-state index is 12.4. The largest absolute Gasteiger partial charge is 0.513 e. The summed E-state index contributed by atoms with van der Waals surface area (Å²) in [5.41, 5.74) is 0.479. The second kappa shape index (κ2) is 10.8. The number of rotatable bonds is 7. The third kappa shape index (κ3) is 6.75. The van der Waals surface area contributed by atoms with E-state index >= 15 is 0 Å². The molecule has 7 nitrogen and oxygen atoms in total. The van der Waals surface area contributed by atoms with Gasteiger partial charge in [-0.05, 0) is 50.5 Å². The molecule has 1 aliphatic heterocycles. The standard InChI is InChI=1S/C19H25ClN2O5/c1-2-26-19(25)27-16-7-5-14(6-8-16)18(24)21-15-9-12-22(13-10-15)17(23)4-3-11-20/h5-8,15H,2-4,9-13H2,1H3,(H,21,24). The first-order valence-corrected chi connectivity index (χ1v) is 9.66. The van der Waals surface area contributed by atoms with E-state index in [0.717, 1.165) is 12.8 Å². The van der Waals surface area contributed by atoms with Crippen molar-refractivity contribution in [2.45, 2.75) is 38.6 Å². The molecule has 0 bridgehead atoms. The SMILES string of the molecule is CCOC(=O)Oc1ccc(C(=O)NC2CCN(C(=O)CCCCl)CC2)cc1. The van der Waals surface area contributed by atoms with Gasteiger partial charge in [0.15, 0.2) is 0 Å². The van der Waals surface area contributed by atoms with Crippen LogP contribution in [-0.2, 0) is 9.53 Å². The van der Waals surface area contributed by atoms with Crippen LogP contribution in [-0.4, -0.2) is 54.5 Å². The molecule has 0 aliphatic carbocycles. The summed E-state index contributed by atoms with van der Waals surface area (Å²) in [5, 5.41) is 2.99. The number of hydrogen-bond acceptors (Lipinski definition) is 5. The van der Waals surface area contributed by atoms with Gasteiger partial charge in [0.1, 0.15) is 5.75 Å². The van der Waals surface area contributed by atoms with Crippen molar-refractivity contribution in [3.8, 4) is 5.75 Å². The normalized spacial score (nSPS) is 14.5. The van der Waals surface area contributed by atoms with Gasteiger partial charge >= 0.3 is 6.16 Å². The predicted molar refractivity (Wildman–Crippen MR) is 101 cm³/mol. The van der Waals surface area contributed by atoms with E-state index in [1.54, 1.807) is 31.2 Å². The Morgan fingerprint density at radius 2 is 1.85 bits per heavy atom. The number of amides is 2. The number of ether oxygens (including phenoxy) is 2. The molecule has 0 unspecified atom stereocenters. The molecule has 8 heteroatoms. The number of hydrogen-bond donors (Lipinski definition) is 1. The molecule has 2 rings (SSSR count). The Labute approximate surface area is 163 Å². The summed E-state index contributed by atoms with van der Waals surface area (Å²) in [7, 11) is 0. The molecule has 1 aromatic rings. The highest BCUT2D eigenvalue weighted by molar-refractivity contribution is 6.17. The number of nitrogens with one attached hydrogen (secondary N) is 1. The predicted octanol–water partition coefficient (Wildman–Crippen LogP) is 2.96. The van der Waals surface area contributed by atoms with Crippen LogP contribution >= 0.6 is 11.6 Å². The molecule has 1 saturated heterocycles. The molecule has 1 N–H and O–H groups in total. The zero-order chi connectivity index (χ0) is 19.6. The van der Waals surface area contributed by atoms with Gasteiger partial charge in [-0.25, -0.2) is 4.79 Å². The van der Waals surface area contributed by atoms with Crippen molar-refractivity contribution in [1.82, 2.24) is 10.2 Å². The van der Waals surface area contributed by atoms with E-state index in [0.29, 0.717) is 43.1 Å². The molecular weight excluding hydrogens is 372 g/mol. The molecule has 148 valence electrons.